The van der Waals surface area contributed by atoms with E-state index in [1.54, 1.807) is 25.4 Å². The first kappa shape index (κ1) is 18.9. The van der Waals surface area contributed by atoms with Crippen LogP contribution in [0, 0.1) is 0 Å². The molecular weight excluding hydrogens is 340 g/mol. The first-order valence-electron chi connectivity index (χ1n) is 8.09. The Balaban J connectivity index is 1.85. The average molecular weight is 362 g/mol. The van der Waals surface area contributed by atoms with Crippen molar-refractivity contribution in [1.29, 1.82) is 0 Å². The standard InChI is InChI=1S/C18H21ClN4O2/c1-3-13-7-4-5-8-14(13)21-16(24)11-23(2)12-17(25)22-15-9-6-10-20-18(15)19/h4-10H,3,11-12H2,1-2H3,(H,21,24)(H,22,25)/p+1. The fourth-order valence-electron chi connectivity index (χ4n) is 2.43. The Kier molecular flexibility index (Phi) is 6.91. The van der Waals surface area contributed by atoms with Crippen molar-refractivity contribution in [3.8, 4) is 0 Å². The number of likely N-dealkylation sites (N-methyl/N-ethyl adjacent to an activating group) is 1. The summed E-state index contributed by atoms with van der Waals surface area (Å²) in [6.45, 7) is 2.37. The van der Waals surface area contributed by atoms with E-state index >= 15 is 0 Å². The van der Waals surface area contributed by atoms with Gasteiger partial charge in [0.15, 0.2) is 18.2 Å². The zero-order valence-electron chi connectivity index (χ0n) is 14.3. The molecule has 1 aromatic carbocycles. The monoisotopic (exact) mass is 361 g/mol. The molecule has 0 aliphatic heterocycles. The molecule has 25 heavy (non-hydrogen) atoms. The Bertz CT molecular complexity index is 751. The van der Waals surface area contributed by atoms with Crippen LogP contribution >= 0.6 is 11.6 Å². The maximum Gasteiger partial charge on any atom is 0.279 e. The number of nitrogens with one attached hydrogen (secondary N) is 3. The average Bonchev–Trinajstić information content (AvgIpc) is 2.57. The highest BCUT2D eigenvalue weighted by molar-refractivity contribution is 6.32. The van der Waals surface area contributed by atoms with E-state index in [0.717, 1.165) is 22.6 Å². The van der Waals surface area contributed by atoms with Gasteiger partial charge in [0.05, 0.1) is 12.7 Å². The Morgan fingerprint density at radius 2 is 1.64 bits per heavy atom. The molecule has 0 saturated carbocycles. The first-order valence-corrected chi connectivity index (χ1v) is 8.46. The minimum Gasteiger partial charge on any atom is -0.322 e. The lowest BCUT2D eigenvalue weighted by Crippen LogP contribution is -3.11. The number of hydrogen-bond donors (Lipinski definition) is 3. The maximum atomic E-state index is 12.2. The number of quaternary nitrogens is 1. The lowest BCUT2D eigenvalue weighted by atomic mass is 10.1. The number of carbonyl (C=O) groups excluding carboxylic acids is 2. The third-order valence-electron chi connectivity index (χ3n) is 3.63. The summed E-state index contributed by atoms with van der Waals surface area (Å²) in [6, 6.07) is 11.1. The van der Waals surface area contributed by atoms with Crippen LogP contribution in [-0.2, 0) is 16.0 Å². The van der Waals surface area contributed by atoms with Gasteiger partial charge < -0.3 is 15.5 Å². The van der Waals surface area contributed by atoms with Crippen molar-refractivity contribution < 1.29 is 14.5 Å². The summed E-state index contributed by atoms with van der Waals surface area (Å²) in [7, 11) is 1.79. The summed E-state index contributed by atoms with van der Waals surface area (Å²) in [6.07, 6.45) is 2.39. The van der Waals surface area contributed by atoms with E-state index < -0.39 is 0 Å². The zero-order chi connectivity index (χ0) is 18.2. The van der Waals surface area contributed by atoms with Crippen LogP contribution in [0.2, 0.25) is 5.15 Å². The molecule has 7 heteroatoms. The molecule has 2 amide bonds. The number of benzene rings is 1. The minimum atomic E-state index is -0.228. The largest absolute Gasteiger partial charge is 0.322 e. The summed E-state index contributed by atoms with van der Waals surface area (Å²) in [5.41, 5.74) is 2.36. The number of aryl methyl sites for hydroxylation is 1. The molecule has 1 unspecified atom stereocenters. The molecule has 2 rings (SSSR count). The number of carbonyl (C=O) groups is 2. The Hall–Kier alpha value is -2.44. The summed E-state index contributed by atoms with van der Waals surface area (Å²) in [5, 5.41) is 5.84. The molecule has 2 aromatic rings. The number of nitrogens with zero attached hydrogens (tertiary/aromatic N) is 1. The molecule has 3 N–H and O–H groups in total. The number of amides is 2. The topological polar surface area (TPSA) is 75.5 Å². The van der Waals surface area contributed by atoms with E-state index in [1.807, 2.05) is 31.2 Å². The molecule has 132 valence electrons. The highest BCUT2D eigenvalue weighted by Crippen LogP contribution is 2.17. The van der Waals surface area contributed by atoms with Crippen LogP contribution in [0.5, 0.6) is 0 Å². The number of pyridine rings is 1. The van der Waals surface area contributed by atoms with Crippen molar-refractivity contribution in [3.05, 3.63) is 53.3 Å². The van der Waals surface area contributed by atoms with Gasteiger partial charge in [-0.15, -0.1) is 0 Å². The number of halogens is 1. The SMILES string of the molecule is CCc1ccccc1NC(=O)C[NH+](C)CC(=O)Nc1cccnc1Cl. The van der Waals surface area contributed by atoms with E-state index in [4.69, 9.17) is 11.6 Å². The van der Waals surface area contributed by atoms with E-state index in [2.05, 4.69) is 15.6 Å². The van der Waals surface area contributed by atoms with Crippen molar-refractivity contribution >= 4 is 34.8 Å². The van der Waals surface area contributed by atoms with Crippen LogP contribution in [0.3, 0.4) is 0 Å². The third-order valence-corrected chi connectivity index (χ3v) is 3.93. The Morgan fingerprint density at radius 1 is 1.04 bits per heavy atom. The molecular formula is C18H22ClN4O2+. The number of rotatable bonds is 7. The predicted molar refractivity (Wildman–Crippen MR) is 98.9 cm³/mol. The molecule has 6 nitrogen and oxygen atoms in total. The normalized spacial score (nSPS) is 11.6. The first-order chi connectivity index (χ1) is 12.0. The summed E-state index contributed by atoms with van der Waals surface area (Å²) < 4.78 is 0. The van der Waals surface area contributed by atoms with Crippen molar-refractivity contribution in [3.63, 3.8) is 0 Å². The maximum absolute atomic E-state index is 12.2. The van der Waals surface area contributed by atoms with Crippen molar-refractivity contribution in [1.82, 2.24) is 4.98 Å². The van der Waals surface area contributed by atoms with E-state index in [0.29, 0.717) is 5.69 Å². The van der Waals surface area contributed by atoms with Gasteiger partial charge in [0.25, 0.3) is 11.8 Å². The van der Waals surface area contributed by atoms with Gasteiger partial charge >= 0.3 is 0 Å². The second-order valence-corrected chi connectivity index (χ2v) is 6.12. The van der Waals surface area contributed by atoms with Gasteiger partial charge in [-0.25, -0.2) is 4.98 Å². The van der Waals surface area contributed by atoms with Gasteiger partial charge in [-0.1, -0.05) is 36.7 Å². The molecule has 0 aliphatic carbocycles. The van der Waals surface area contributed by atoms with Gasteiger partial charge in [-0.2, -0.15) is 0 Å². The molecule has 1 heterocycles. The predicted octanol–water partition coefficient (Wildman–Crippen LogP) is 1.39. The number of anilines is 2. The van der Waals surface area contributed by atoms with Gasteiger partial charge in [-0.3, -0.25) is 9.59 Å². The van der Waals surface area contributed by atoms with Gasteiger partial charge in [0.1, 0.15) is 0 Å². The molecule has 0 aliphatic rings. The van der Waals surface area contributed by atoms with Gasteiger partial charge in [0, 0.05) is 11.9 Å². The Morgan fingerprint density at radius 3 is 2.28 bits per heavy atom. The number of hydrogen-bond acceptors (Lipinski definition) is 3. The quantitative estimate of drug-likeness (QED) is 0.652. The number of aromatic nitrogens is 1. The van der Waals surface area contributed by atoms with Crippen molar-refractivity contribution in [2.24, 2.45) is 0 Å². The number of para-hydroxylation sites is 1. The zero-order valence-corrected chi connectivity index (χ0v) is 15.1. The van der Waals surface area contributed by atoms with Crippen LogP contribution in [0.1, 0.15) is 12.5 Å². The molecule has 0 bridgehead atoms. The van der Waals surface area contributed by atoms with E-state index in [9.17, 15) is 9.59 Å². The van der Waals surface area contributed by atoms with Crippen molar-refractivity contribution in [2.75, 3.05) is 30.8 Å². The van der Waals surface area contributed by atoms with Crippen LogP contribution in [-0.4, -0.2) is 36.9 Å². The minimum absolute atomic E-state index is 0.134. The van der Waals surface area contributed by atoms with E-state index in [1.165, 1.54) is 0 Å². The smallest absolute Gasteiger partial charge is 0.279 e. The fraction of sp³-hybridized carbons (Fsp3) is 0.278. The summed E-state index contributed by atoms with van der Waals surface area (Å²) in [4.78, 5) is 28.9. The highest BCUT2D eigenvalue weighted by Gasteiger charge is 2.16. The van der Waals surface area contributed by atoms with Crippen LogP contribution in [0.15, 0.2) is 42.6 Å². The van der Waals surface area contributed by atoms with Crippen LogP contribution in [0.4, 0.5) is 11.4 Å². The molecule has 0 fully saturated rings. The highest BCUT2D eigenvalue weighted by atomic mass is 35.5. The molecule has 1 aromatic heterocycles. The second-order valence-electron chi connectivity index (χ2n) is 5.76. The van der Waals surface area contributed by atoms with Gasteiger partial charge in [-0.05, 0) is 30.2 Å². The van der Waals surface area contributed by atoms with E-state index in [-0.39, 0.29) is 30.1 Å². The van der Waals surface area contributed by atoms with Crippen LogP contribution in [0.25, 0.3) is 0 Å². The third kappa shape index (κ3) is 5.85. The summed E-state index contributed by atoms with van der Waals surface area (Å²) >= 11 is 5.91. The second kappa shape index (κ2) is 9.15. The molecule has 0 radical (unpaired) electrons. The lowest BCUT2D eigenvalue weighted by Gasteiger charge is -2.15. The molecule has 0 spiro atoms. The summed E-state index contributed by atoms with van der Waals surface area (Å²) in [5.74, 6) is -0.361. The molecule has 1 atom stereocenters. The van der Waals surface area contributed by atoms with Crippen LogP contribution < -0.4 is 15.5 Å². The fourth-order valence-corrected chi connectivity index (χ4v) is 2.60. The Labute approximate surface area is 152 Å². The lowest BCUT2D eigenvalue weighted by molar-refractivity contribution is -0.862. The molecule has 0 saturated heterocycles. The van der Waals surface area contributed by atoms with Gasteiger partial charge in [0.2, 0.25) is 0 Å². The van der Waals surface area contributed by atoms with Crippen molar-refractivity contribution in [2.45, 2.75) is 13.3 Å².